The Morgan fingerprint density at radius 1 is 1.67 bits per heavy atom. The largest absolute Gasteiger partial charge is 0.367 e. The van der Waals surface area contributed by atoms with Gasteiger partial charge in [0.25, 0.3) is 0 Å². The Bertz CT molecular complexity index is 314. The average molecular weight is 231 g/mol. The van der Waals surface area contributed by atoms with E-state index in [9.17, 15) is 10.1 Å². The van der Waals surface area contributed by atoms with Gasteiger partial charge >= 0.3 is 5.82 Å². The number of nitrogens with zero attached hydrogens (tertiary/aromatic N) is 2. The first-order chi connectivity index (χ1) is 5.65. The molecular weight excluding hydrogens is 224 g/mol. The molecule has 64 valence electrons. The van der Waals surface area contributed by atoms with Gasteiger partial charge in [-0.25, -0.2) is 0 Å². The number of hydrogen-bond donors (Lipinski definition) is 0. The molecule has 1 heterocycles. The van der Waals surface area contributed by atoms with Gasteiger partial charge in [0.2, 0.25) is 4.60 Å². The van der Waals surface area contributed by atoms with Crippen molar-refractivity contribution in [2.24, 2.45) is 0 Å². The van der Waals surface area contributed by atoms with E-state index in [1.165, 1.54) is 0 Å². The number of pyridine rings is 1. The molecule has 0 unspecified atom stereocenters. The maximum absolute atomic E-state index is 10.5. The van der Waals surface area contributed by atoms with Crippen LogP contribution in [0.3, 0.4) is 0 Å². The number of hydrogen-bond acceptors (Lipinski definition) is 3. The topological polar surface area (TPSA) is 56.0 Å². The number of aromatic nitrogens is 1. The minimum atomic E-state index is -0.469. The Balaban J connectivity index is 3.21. The number of rotatable bonds is 2. The normalized spacial score (nSPS) is 9.83. The smallest absolute Gasteiger partial charge is 0.358 e. The third-order valence-electron chi connectivity index (χ3n) is 1.48. The Morgan fingerprint density at radius 2 is 2.33 bits per heavy atom. The fraction of sp³-hybridized carbons (Fsp3) is 0.286. The molecule has 0 amide bonds. The standard InChI is InChI=1S/C7H7BrN2O2/c1-2-5-3-4-6(8)9-7(5)10(11)12/h3-4H,2H2,1H3. The Hall–Kier alpha value is -0.970. The first-order valence-electron chi connectivity index (χ1n) is 3.45. The molecule has 0 aliphatic carbocycles. The second-order valence-electron chi connectivity index (χ2n) is 2.23. The summed E-state index contributed by atoms with van der Waals surface area (Å²) in [5, 5.41) is 10.5. The molecule has 0 fully saturated rings. The van der Waals surface area contributed by atoms with Crippen LogP contribution in [0.2, 0.25) is 0 Å². The van der Waals surface area contributed by atoms with Crippen molar-refractivity contribution in [3.05, 3.63) is 32.4 Å². The summed E-state index contributed by atoms with van der Waals surface area (Å²) in [4.78, 5) is 13.7. The van der Waals surface area contributed by atoms with Crippen LogP contribution in [0.25, 0.3) is 0 Å². The van der Waals surface area contributed by atoms with Crippen LogP contribution in [0.1, 0.15) is 12.5 Å². The van der Waals surface area contributed by atoms with E-state index in [1.54, 1.807) is 12.1 Å². The predicted molar refractivity (Wildman–Crippen MR) is 48.0 cm³/mol. The van der Waals surface area contributed by atoms with Crippen LogP contribution in [-0.2, 0) is 6.42 Å². The van der Waals surface area contributed by atoms with Gasteiger partial charge in [-0.2, -0.15) is 0 Å². The van der Waals surface area contributed by atoms with E-state index in [1.807, 2.05) is 6.92 Å². The molecule has 0 bridgehead atoms. The van der Waals surface area contributed by atoms with Gasteiger partial charge in [0.1, 0.15) is 0 Å². The van der Waals surface area contributed by atoms with Gasteiger partial charge in [0.15, 0.2) is 0 Å². The third kappa shape index (κ3) is 1.79. The zero-order chi connectivity index (χ0) is 9.14. The highest BCUT2D eigenvalue weighted by atomic mass is 79.9. The highest BCUT2D eigenvalue weighted by Crippen LogP contribution is 2.18. The average Bonchev–Trinajstić information content (AvgIpc) is 2.04. The summed E-state index contributed by atoms with van der Waals surface area (Å²) in [5.41, 5.74) is 0.656. The molecular formula is C7H7BrN2O2. The third-order valence-corrected chi connectivity index (χ3v) is 1.92. The van der Waals surface area contributed by atoms with E-state index >= 15 is 0 Å². The molecule has 0 radical (unpaired) electrons. The van der Waals surface area contributed by atoms with Crippen molar-refractivity contribution < 1.29 is 4.92 Å². The van der Waals surface area contributed by atoms with Crippen molar-refractivity contribution >= 4 is 21.7 Å². The van der Waals surface area contributed by atoms with Crippen molar-refractivity contribution in [3.8, 4) is 0 Å². The van der Waals surface area contributed by atoms with E-state index in [0.717, 1.165) is 0 Å². The summed E-state index contributed by atoms with van der Waals surface area (Å²) in [7, 11) is 0. The molecule has 1 rings (SSSR count). The SMILES string of the molecule is CCc1ccc(Br)nc1[N+](=O)[O-]. The molecule has 0 aliphatic heterocycles. The van der Waals surface area contributed by atoms with Gasteiger partial charge in [-0.3, -0.25) is 0 Å². The van der Waals surface area contributed by atoms with Crippen LogP contribution in [0.15, 0.2) is 16.7 Å². The lowest BCUT2D eigenvalue weighted by molar-refractivity contribution is -0.390. The van der Waals surface area contributed by atoms with Crippen LogP contribution < -0.4 is 0 Å². The second-order valence-corrected chi connectivity index (χ2v) is 3.04. The number of nitro groups is 1. The van der Waals surface area contributed by atoms with Crippen LogP contribution in [0.4, 0.5) is 5.82 Å². The van der Waals surface area contributed by atoms with E-state index in [-0.39, 0.29) is 5.82 Å². The van der Waals surface area contributed by atoms with Gasteiger partial charge in [-0.05, 0) is 28.5 Å². The molecule has 5 heteroatoms. The lowest BCUT2D eigenvalue weighted by atomic mass is 10.2. The molecule has 0 spiro atoms. The number of halogens is 1. The van der Waals surface area contributed by atoms with E-state index in [2.05, 4.69) is 20.9 Å². The molecule has 0 aliphatic rings. The van der Waals surface area contributed by atoms with Crippen LogP contribution in [-0.4, -0.2) is 9.91 Å². The summed E-state index contributed by atoms with van der Waals surface area (Å²) >= 11 is 3.08. The molecule has 0 N–H and O–H groups in total. The van der Waals surface area contributed by atoms with Crippen molar-refractivity contribution in [3.63, 3.8) is 0 Å². The maximum Gasteiger partial charge on any atom is 0.367 e. The highest BCUT2D eigenvalue weighted by molar-refractivity contribution is 9.10. The first-order valence-corrected chi connectivity index (χ1v) is 4.24. The molecule has 4 nitrogen and oxygen atoms in total. The minimum Gasteiger partial charge on any atom is -0.358 e. The van der Waals surface area contributed by atoms with Gasteiger partial charge in [-0.15, -0.1) is 0 Å². The van der Waals surface area contributed by atoms with Crippen molar-refractivity contribution in [1.82, 2.24) is 4.98 Å². The van der Waals surface area contributed by atoms with Gasteiger partial charge in [0.05, 0.1) is 0 Å². The fourth-order valence-electron chi connectivity index (χ4n) is 0.888. The molecule has 0 atom stereocenters. The molecule has 1 aromatic heterocycles. The Morgan fingerprint density at radius 3 is 2.83 bits per heavy atom. The lowest BCUT2D eigenvalue weighted by Gasteiger charge is -1.97. The molecule has 0 saturated heterocycles. The maximum atomic E-state index is 10.5. The molecule has 0 aromatic carbocycles. The lowest BCUT2D eigenvalue weighted by Crippen LogP contribution is -1.97. The van der Waals surface area contributed by atoms with E-state index in [0.29, 0.717) is 16.6 Å². The van der Waals surface area contributed by atoms with Crippen molar-refractivity contribution in [2.75, 3.05) is 0 Å². The predicted octanol–water partition coefficient (Wildman–Crippen LogP) is 2.31. The zero-order valence-electron chi connectivity index (χ0n) is 6.45. The van der Waals surface area contributed by atoms with Crippen LogP contribution >= 0.6 is 15.9 Å². The molecule has 12 heavy (non-hydrogen) atoms. The molecule has 0 saturated carbocycles. The summed E-state index contributed by atoms with van der Waals surface area (Å²) < 4.78 is 0.492. The van der Waals surface area contributed by atoms with Crippen molar-refractivity contribution in [1.29, 1.82) is 0 Å². The van der Waals surface area contributed by atoms with Crippen LogP contribution in [0, 0.1) is 10.1 Å². The zero-order valence-corrected chi connectivity index (χ0v) is 8.04. The summed E-state index contributed by atoms with van der Waals surface area (Å²) in [6.45, 7) is 1.86. The fourth-order valence-corrected chi connectivity index (χ4v) is 1.19. The highest BCUT2D eigenvalue weighted by Gasteiger charge is 2.14. The van der Waals surface area contributed by atoms with Crippen molar-refractivity contribution in [2.45, 2.75) is 13.3 Å². The van der Waals surface area contributed by atoms with Gasteiger partial charge < -0.3 is 10.1 Å². The quantitative estimate of drug-likeness (QED) is 0.445. The summed E-state index contributed by atoms with van der Waals surface area (Å²) in [6, 6.07) is 3.40. The monoisotopic (exact) mass is 230 g/mol. The van der Waals surface area contributed by atoms with Gasteiger partial charge in [0, 0.05) is 21.5 Å². The van der Waals surface area contributed by atoms with E-state index < -0.39 is 4.92 Å². The van der Waals surface area contributed by atoms with Crippen LogP contribution in [0.5, 0.6) is 0 Å². The Kier molecular flexibility index (Phi) is 2.75. The molecule has 1 aromatic rings. The summed E-state index contributed by atoms with van der Waals surface area (Å²) in [5.74, 6) is -0.0631. The van der Waals surface area contributed by atoms with E-state index in [4.69, 9.17) is 0 Å². The number of aryl methyl sites for hydroxylation is 1. The second kappa shape index (κ2) is 3.62. The first kappa shape index (κ1) is 9.12. The Labute approximate surface area is 77.9 Å². The minimum absolute atomic E-state index is 0.0631. The summed E-state index contributed by atoms with van der Waals surface area (Å²) in [6.07, 6.45) is 0.622. The van der Waals surface area contributed by atoms with Gasteiger partial charge in [-0.1, -0.05) is 6.92 Å².